The van der Waals surface area contributed by atoms with Crippen LogP contribution in [0.2, 0.25) is 0 Å². The fraction of sp³-hybridized carbons (Fsp3) is 0.357. The van der Waals surface area contributed by atoms with E-state index in [1.807, 2.05) is 14.0 Å². The molecule has 0 fully saturated rings. The van der Waals surface area contributed by atoms with Gasteiger partial charge >= 0.3 is 0 Å². The molecule has 0 bridgehead atoms. The fourth-order valence-corrected chi connectivity index (χ4v) is 2.49. The second-order valence-corrected chi connectivity index (χ2v) is 5.65. The zero-order valence-corrected chi connectivity index (χ0v) is 12.5. The Morgan fingerprint density at radius 3 is 2.80 bits per heavy atom. The molecule has 0 spiro atoms. The first-order valence-corrected chi connectivity index (χ1v) is 6.93. The van der Waals surface area contributed by atoms with Gasteiger partial charge in [0.1, 0.15) is 12.2 Å². The molecule has 0 aliphatic carbocycles. The summed E-state index contributed by atoms with van der Waals surface area (Å²) in [6.07, 6.45) is 1.70. The van der Waals surface area contributed by atoms with Gasteiger partial charge in [-0.15, -0.1) is 11.6 Å². The van der Waals surface area contributed by atoms with E-state index in [1.165, 1.54) is 5.56 Å². The van der Waals surface area contributed by atoms with Crippen molar-refractivity contribution in [3.63, 3.8) is 0 Å². The van der Waals surface area contributed by atoms with Crippen LogP contribution in [-0.4, -0.2) is 24.3 Å². The quantitative estimate of drug-likeness (QED) is 0.697. The predicted octanol–water partition coefficient (Wildman–Crippen LogP) is 2.82. The lowest BCUT2D eigenvalue weighted by atomic mass is 10.2. The van der Waals surface area contributed by atoms with Crippen molar-refractivity contribution < 1.29 is 0 Å². The minimum atomic E-state index is -0.161. The first-order valence-electron chi connectivity index (χ1n) is 6.50. The summed E-state index contributed by atoms with van der Waals surface area (Å²) in [7, 11) is 1.86. The Hall–Kier alpha value is -1.88. The van der Waals surface area contributed by atoms with Crippen LogP contribution in [0.15, 0.2) is 24.5 Å². The van der Waals surface area contributed by atoms with Crippen molar-refractivity contribution in [2.24, 2.45) is 7.05 Å². The lowest BCUT2D eigenvalue weighted by molar-refractivity contribution is 0.684. The Balaban J connectivity index is 2.13. The van der Waals surface area contributed by atoms with Gasteiger partial charge < -0.3 is 4.57 Å². The highest BCUT2D eigenvalue weighted by atomic mass is 35.5. The Labute approximate surface area is 122 Å². The number of rotatable bonds is 3. The fourth-order valence-electron chi connectivity index (χ4n) is 2.33. The van der Waals surface area contributed by atoms with Gasteiger partial charge in [0.25, 0.3) is 0 Å². The summed E-state index contributed by atoms with van der Waals surface area (Å²) in [5, 5.41) is 4.16. The second kappa shape index (κ2) is 4.90. The normalized spacial score (nSPS) is 13.0. The molecule has 3 aromatic rings. The van der Waals surface area contributed by atoms with Crippen molar-refractivity contribution in [3.05, 3.63) is 41.7 Å². The van der Waals surface area contributed by atoms with E-state index in [0.29, 0.717) is 6.54 Å². The molecule has 2 heterocycles. The molecule has 5 nitrogen and oxygen atoms in total. The number of aromatic nitrogens is 5. The molecule has 0 aliphatic heterocycles. The zero-order chi connectivity index (χ0) is 14.3. The standard InChI is InChI=1S/C14H16ClN5/c1-9-4-5-12-11(6-9)17-14(10(2)15)20(12)7-13-16-8-19(3)18-13/h4-6,8,10H,7H2,1-3H3. The van der Waals surface area contributed by atoms with E-state index < -0.39 is 0 Å². The minimum absolute atomic E-state index is 0.161. The summed E-state index contributed by atoms with van der Waals surface area (Å²) in [6, 6.07) is 6.22. The predicted molar refractivity (Wildman–Crippen MR) is 78.8 cm³/mol. The molecule has 6 heteroatoms. The van der Waals surface area contributed by atoms with E-state index in [9.17, 15) is 0 Å². The van der Waals surface area contributed by atoms with Crippen molar-refractivity contribution in [1.82, 2.24) is 24.3 Å². The van der Waals surface area contributed by atoms with Crippen molar-refractivity contribution in [3.8, 4) is 0 Å². The van der Waals surface area contributed by atoms with Crippen molar-refractivity contribution in [1.29, 1.82) is 0 Å². The lowest BCUT2D eigenvalue weighted by Gasteiger charge is -2.08. The van der Waals surface area contributed by atoms with E-state index in [4.69, 9.17) is 11.6 Å². The van der Waals surface area contributed by atoms with Gasteiger partial charge in [0.15, 0.2) is 5.82 Å². The summed E-state index contributed by atoms with van der Waals surface area (Å²) in [5.41, 5.74) is 3.21. The van der Waals surface area contributed by atoms with Crippen molar-refractivity contribution in [2.75, 3.05) is 0 Å². The van der Waals surface area contributed by atoms with Crippen molar-refractivity contribution >= 4 is 22.6 Å². The minimum Gasteiger partial charge on any atom is -0.319 e. The summed E-state index contributed by atoms with van der Waals surface area (Å²) in [5.74, 6) is 1.60. The smallest absolute Gasteiger partial charge is 0.170 e. The topological polar surface area (TPSA) is 48.5 Å². The molecule has 1 aromatic carbocycles. The van der Waals surface area contributed by atoms with Gasteiger partial charge in [-0.2, -0.15) is 5.10 Å². The van der Waals surface area contributed by atoms with Crippen LogP contribution in [0.3, 0.4) is 0 Å². The largest absolute Gasteiger partial charge is 0.319 e. The molecule has 0 saturated carbocycles. The van der Waals surface area contributed by atoms with Gasteiger partial charge in [-0.1, -0.05) is 6.07 Å². The van der Waals surface area contributed by atoms with E-state index >= 15 is 0 Å². The lowest BCUT2D eigenvalue weighted by Crippen LogP contribution is -2.07. The van der Waals surface area contributed by atoms with Crippen LogP contribution >= 0.6 is 11.6 Å². The molecule has 0 radical (unpaired) electrons. The first kappa shape index (κ1) is 13.1. The average Bonchev–Trinajstić information content (AvgIpc) is 2.94. The van der Waals surface area contributed by atoms with Crippen LogP contribution in [0.4, 0.5) is 0 Å². The maximum Gasteiger partial charge on any atom is 0.170 e. The molecule has 1 atom stereocenters. The third kappa shape index (κ3) is 2.29. The third-order valence-electron chi connectivity index (χ3n) is 3.24. The first-order chi connectivity index (χ1) is 9.54. The second-order valence-electron chi connectivity index (χ2n) is 5.00. The molecule has 3 rings (SSSR count). The summed E-state index contributed by atoms with van der Waals surface area (Å²) in [6.45, 7) is 4.56. The highest BCUT2D eigenvalue weighted by Crippen LogP contribution is 2.25. The van der Waals surface area contributed by atoms with E-state index in [2.05, 4.69) is 44.8 Å². The number of alkyl halides is 1. The number of imidazole rings is 1. The highest BCUT2D eigenvalue weighted by molar-refractivity contribution is 6.20. The molecular formula is C14H16ClN5. The van der Waals surface area contributed by atoms with Gasteiger partial charge in [-0.05, 0) is 31.5 Å². The highest BCUT2D eigenvalue weighted by Gasteiger charge is 2.16. The number of benzene rings is 1. The number of aryl methyl sites for hydroxylation is 2. The SMILES string of the molecule is Cc1ccc2c(c1)nc(C(C)Cl)n2Cc1ncn(C)n1. The average molecular weight is 290 g/mol. The molecule has 0 N–H and O–H groups in total. The monoisotopic (exact) mass is 289 g/mol. The molecule has 0 saturated heterocycles. The summed E-state index contributed by atoms with van der Waals surface area (Å²) in [4.78, 5) is 8.92. The van der Waals surface area contributed by atoms with Gasteiger partial charge in [0.2, 0.25) is 0 Å². The zero-order valence-electron chi connectivity index (χ0n) is 11.7. The van der Waals surface area contributed by atoms with Crippen LogP contribution in [0.25, 0.3) is 11.0 Å². The van der Waals surface area contributed by atoms with Gasteiger partial charge in [-0.3, -0.25) is 4.68 Å². The Morgan fingerprint density at radius 1 is 1.35 bits per heavy atom. The van der Waals surface area contributed by atoms with Crippen LogP contribution in [0, 0.1) is 6.92 Å². The van der Waals surface area contributed by atoms with Gasteiger partial charge in [0.05, 0.1) is 23.0 Å². The molecule has 2 aromatic heterocycles. The number of fused-ring (bicyclic) bond motifs is 1. The van der Waals surface area contributed by atoms with Gasteiger partial charge in [0, 0.05) is 7.05 Å². The number of halogens is 1. The van der Waals surface area contributed by atoms with E-state index in [1.54, 1.807) is 11.0 Å². The number of hydrogen-bond donors (Lipinski definition) is 0. The van der Waals surface area contributed by atoms with E-state index in [0.717, 1.165) is 22.7 Å². The van der Waals surface area contributed by atoms with E-state index in [-0.39, 0.29) is 5.38 Å². The van der Waals surface area contributed by atoms with Crippen LogP contribution in [-0.2, 0) is 13.6 Å². The molecule has 20 heavy (non-hydrogen) atoms. The maximum absolute atomic E-state index is 6.26. The Kier molecular flexibility index (Phi) is 3.22. The van der Waals surface area contributed by atoms with Crippen LogP contribution in [0.5, 0.6) is 0 Å². The third-order valence-corrected chi connectivity index (χ3v) is 3.43. The molecule has 0 amide bonds. The number of hydrogen-bond acceptors (Lipinski definition) is 3. The summed E-state index contributed by atoms with van der Waals surface area (Å²) < 4.78 is 3.78. The summed E-state index contributed by atoms with van der Waals surface area (Å²) >= 11 is 6.26. The van der Waals surface area contributed by atoms with Gasteiger partial charge in [-0.25, -0.2) is 9.97 Å². The molecule has 1 unspecified atom stereocenters. The van der Waals surface area contributed by atoms with Crippen molar-refractivity contribution in [2.45, 2.75) is 25.8 Å². The molecule has 0 aliphatic rings. The van der Waals surface area contributed by atoms with Crippen LogP contribution < -0.4 is 0 Å². The van der Waals surface area contributed by atoms with Crippen LogP contribution in [0.1, 0.15) is 29.5 Å². The molecular weight excluding hydrogens is 274 g/mol. The Bertz CT molecular complexity index is 756. The maximum atomic E-state index is 6.26. The number of nitrogens with zero attached hydrogens (tertiary/aromatic N) is 5. The Morgan fingerprint density at radius 2 is 2.15 bits per heavy atom. The molecule has 104 valence electrons.